The Morgan fingerprint density at radius 3 is 2.32 bits per heavy atom. The van der Waals surface area contributed by atoms with Gasteiger partial charge in [-0.05, 0) is 85.1 Å². The van der Waals surface area contributed by atoms with E-state index in [2.05, 4.69) is 10.6 Å². The molecule has 2 bridgehead atoms. The first-order valence-electron chi connectivity index (χ1n) is 18.2. The minimum atomic E-state index is -1.34. The van der Waals surface area contributed by atoms with Crippen molar-refractivity contribution >= 4 is 17.4 Å². The van der Waals surface area contributed by atoms with Gasteiger partial charge in [0.1, 0.15) is 11.5 Å². The number of rotatable bonds is 13. The smallest absolute Gasteiger partial charge is 0.252 e. The van der Waals surface area contributed by atoms with Crippen LogP contribution in [0.1, 0.15) is 48.8 Å². The van der Waals surface area contributed by atoms with Gasteiger partial charge in [-0.2, -0.15) is 4.39 Å². The molecule has 4 aliphatic rings. The van der Waals surface area contributed by atoms with E-state index < -0.39 is 41.4 Å². The summed E-state index contributed by atoms with van der Waals surface area (Å²) in [5, 5.41) is 16.9. The number of aliphatic hydroxyl groups is 1. The molecule has 282 valence electrons. The van der Waals surface area contributed by atoms with E-state index in [0.29, 0.717) is 68.9 Å². The molecule has 10 nitrogen and oxygen atoms in total. The molecule has 53 heavy (non-hydrogen) atoms. The Balaban J connectivity index is 1.14. The van der Waals surface area contributed by atoms with Crippen molar-refractivity contribution in [2.24, 2.45) is 0 Å². The molecule has 3 fully saturated rings. The molecule has 3 aromatic carbocycles. The van der Waals surface area contributed by atoms with Gasteiger partial charge >= 0.3 is 0 Å². The number of aryl methyl sites for hydroxylation is 1. The standard InChI is InChI=1S/C40H45F3N4O6/c1-51-29-14-24(15-30(18-29)52-2)20-47(27-9-10-27)40(50)36-31(16-26-21-46(22-35(36)45-26)39(49)34-17-28(48)19-44-34)25-7-5-23(6-8-25)4-3-13-53-38-33(42)12-11-32(41)37(38)43/h5-8,11-12,14-15,18,26-28,34-35,44-45,48H,3-4,9-10,13,16-17,19-22H2,1-2H3/t26-,28-,34?,35-/m1/s1. The van der Waals surface area contributed by atoms with E-state index in [9.17, 15) is 27.9 Å². The number of ether oxygens (including phenoxy) is 3. The predicted octanol–water partition coefficient (Wildman–Crippen LogP) is 4.37. The Hall–Kier alpha value is -4.59. The number of carbonyl (C=O) groups is 2. The highest BCUT2D eigenvalue weighted by molar-refractivity contribution is 6.03. The van der Waals surface area contributed by atoms with Crippen LogP contribution in [-0.4, -0.2) is 97.5 Å². The first kappa shape index (κ1) is 36.8. The molecule has 1 unspecified atom stereocenters. The number of nitrogens with zero attached hydrogens (tertiary/aromatic N) is 2. The van der Waals surface area contributed by atoms with Gasteiger partial charge in [0, 0.05) is 49.9 Å². The maximum absolute atomic E-state index is 14.9. The zero-order valence-electron chi connectivity index (χ0n) is 29.9. The minimum Gasteiger partial charge on any atom is -0.497 e. The molecular formula is C40H45F3N4O6. The topological polar surface area (TPSA) is 113 Å². The van der Waals surface area contributed by atoms with Gasteiger partial charge in [-0.3, -0.25) is 9.59 Å². The quantitative estimate of drug-likeness (QED) is 0.176. The second-order valence-corrected chi connectivity index (χ2v) is 14.3. The van der Waals surface area contributed by atoms with Crippen molar-refractivity contribution < 1.29 is 42.1 Å². The third-order valence-electron chi connectivity index (χ3n) is 10.5. The molecule has 7 rings (SSSR count). The molecule has 2 amide bonds. The predicted molar refractivity (Wildman–Crippen MR) is 191 cm³/mol. The van der Waals surface area contributed by atoms with Gasteiger partial charge in [0.25, 0.3) is 5.91 Å². The van der Waals surface area contributed by atoms with E-state index in [1.807, 2.05) is 46.2 Å². The van der Waals surface area contributed by atoms with E-state index in [1.165, 1.54) is 0 Å². The Morgan fingerprint density at radius 1 is 0.943 bits per heavy atom. The molecule has 3 aromatic rings. The summed E-state index contributed by atoms with van der Waals surface area (Å²) in [6.45, 7) is 1.54. The number of halogens is 3. The maximum atomic E-state index is 14.9. The molecule has 0 radical (unpaired) electrons. The fraction of sp³-hybridized carbons (Fsp3) is 0.450. The number of nitrogens with one attached hydrogen (secondary N) is 2. The third-order valence-corrected chi connectivity index (χ3v) is 10.5. The van der Waals surface area contributed by atoms with Crippen LogP contribution in [0.2, 0.25) is 0 Å². The Morgan fingerprint density at radius 2 is 1.66 bits per heavy atom. The van der Waals surface area contributed by atoms with Crippen LogP contribution in [0.15, 0.2) is 60.2 Å². The van der Waals surface area contributed by atoms with E-state index in [-0.39, 0.29) is 30.5 Å². The average molecular weight is 735 g/mol. The van der Waals surface area contributed by atoms with E-state index in [1.54, 1.807) is 20.3 Å². The lowest BCUT2D eigenvalue weighted by Gasteiger charge is -2.45. The van der Waals surface area contributed by atoms with Crippen molar-refractivity contribution in [2.75, 3.05) is 40.5 Å². The minimum absolute atomic E-state index is 0.00139. The number of amides is 2. The summed E-state index contributed by atoms with van der Waals surface area (Å²) < 4.78 is 57.8. The number of fused-ring (bicyclic) bond motifs is 2. The number of piperazine rings is 1. The number of methoxy groups -OCH3 is 2. The average Bonchev–Trinajstić information content (AvgIpc) is 3.92. The van der Waals surface area contributed by atoms with Gasteiger partial charge in [-0.15, -0.1) is 0 Å². The Labute approximate surface area is 306 Å². The van der Waals surface area contributed by atoms with Crippen molar-refractivity contribution in [2.45, 2.75) is 75.3 Å². The molecule has 4 atom stereocenters. The summed E-state index contributed by atoms with van der Waals surface area (Å²) in [6.07, 6.45) is 3.12. The summed E-state index contributed by atoms with van der Waals surface area (Å²) in [5.74, 6) is -3.06. The molecule has 0 spiro atoms. The van der Waals surface area contributed by atoms with Crippen molar-refractivity contribution in [3.63, 3.8) is 0 Å². The van der Waals surface area contributed by atoms with Crippen LogP contribution >= 0.6 is 0 Å². The van der Waals surface area contributed by atoms with Crippen molar-refractivity contribution in [3.05, 3.63) is 94.3 Å². The monoisotopic (exact) mass is 734 g/mol. The molecule has 3 N–H and O–H groups in total. The lowest BCUT2D eigenvalue weighted by molar-refractivity contribution is -0.136. The van der Waals surface area contributed by atoms with Gasteiger partial charge < -0.3 is 39.8 Å². The van der Waals surface area contributed by atoms with Crippen LogP contribution in [0.3, 0.4) is 0 Å². The van der Waals surface area contributed by atoms with Crippen LogP contribution in [0.5, 0.6) is 17.2 Å². The normalized spacial score (nSPS) is 22.5. The van der Waals surface area contributed by atoms with Gasteiger partial charge in [-0.25, -0.2) is 8.78 Å². The number of benzene rings is 3. The number of hydrogen-bond acceptors (Lipinski definition) is 8. The highest BCUT2D eigenvalue weighted by atomic mass is 19.2. The highest BCUT2D eigenvalue weighted by Gasteiger charge is 2.44. The Kier molecular flexibility index (Phi) is 11.0. The summed E-state index contributed by atoms with van der Waals surface area (Å²) >= 11 is 0. The van der Waals surface area contributed by atoms with Gasteiger partial charge in [0.2, 0.25) is 11.7 Å². The summed E-state index contributed by atoms with van der Waals surface area (Å²) in [6, 6.07) is 14.3. The second-order valence-electron chi connectivity index (χ2n) is 14.3. The maximum Gasteiger partial charge on any atom is 0.252 e. The lowest BCUT2D eigenvalue weighted by Crippen LogP contribution is -2.63. The molecule has 1 saturated carbocycles. The molecule has 0 aromatic heterocycles. The van der Waals surface area contributed by atoms with Gasteiger partial charge in [-0.1, -0.05) is 24.3 Å². The molecule has 13 heteroatoms. The fourth-order valence-electron chi connectivity index (χ4n) is 7.70. The molecule has 1 aliphatic carbocycles. The fourth-order valence-corrected chi connectivity index (χ4v) is 7.70. The van der Waals surface area contributed by atoms with Crippen molar-refractivity contribution in [1.82, 2.24) is 20.4 Å². The Bertz CT molecular complexity index is 1850. The third kappa shape index (κ3) is 8.17. The van der Waals surface area contributed by atoms with Crippen molar-refractivity contribution in [3.8, 4) is 17.2 Å². The van der Waals surface area contributed by atoms with Crippen molar-refractivity contribution in [1.29, 1.82) is 0 Å². The van der Waals surface area contributed by atoms with Crippen LogP contribution < -0.4 is 24.8 Å². The largest absolute Gasteiger partial charge is 0.497 e. The lowest BCUT2D eigenvalue weighted by atomic mass is 9.82. The molecule has 2 saturated heterocycles. The van der Waals surface area contributed by atoms with Gasteiger partial charge in [0.05, 0.1) is 39.0 Å². The van der Waals surface area contributed by atoms with Crippen LogP contribution in [0.4, 0.5) is 13.2 Å². The number of hydrogen-bond donors (Lipinski definition) is 3. The first-order valence-corrected chi connectivity index (χ1v) is 18.2. The molecular weight excluding hydrogens is 689 g/mol. The first-order chi connectivity index (χ1) is 25.6. The van der Waals surface area contributed by atoms with Crippen LogP contribution in [-0.2, 0) is 22.6 Å². The van der Waals surface area contributed by atoms with E-state index in [4.69, 9.17) is 14.2 Å². The summed E-state index contributed by atoms with van der Waals surface area (Å²) in [4.78, 5) is 32.3. The van der Waals surface area contributed by atoms with Crippen LogP contribution in [0.25, 0.3) is 5.57 Å². The summed E-state index contributed by atoms with van der Waals surface area (Å²) in [5.41, 5.74) is 4.33. The molecule has 3 aliphatic heterocycles. The number of carbonyl (C=O) groups excluding carboxylic acids is 2. The SMILES string of the molecule is COc1cc(CN(C(=O)C2=C(c3ccc(CCCOc4c(F)ccc(F)c4F)cc3)C[C@@H]3CN(C(=O)C4C[C@@H](O)CN4)C[C@H]2N3)C2CC2)cc(OC)c1. The number of β-amino-alcohol motifs (C(OH)–C–C–N with tert-alkyl or cyclic N) is 1. The zero-order valence-corrected chi connectivity index (χ0v) is 29.9. The molecule has 3 heterocycles. The van der Waals surface area contributed by atoms with E-state index >= 15 is 0 Å². The number of aliphatic hydroxyl groups excluding tert-OH is 1. The van der Waals surface area contributed by atoms with E-state index in [0.717, 1.165) is 47.2 Å². The second kappa shape index (κ2) is 15.8. The highest BCUT2D eigenvalue weighted by Crippen LogP contribution is 2.38. The van der Waals surface area contributed by atoms with Crippen LogP contribution in [0, 0.1) is 17.5 Å². The zero-order chi connectivity index (χ0) is 37.2. The summed E-state index contributed by atoms with van der Waals surface area (Å²) in [7, 11) is 3.19. The van der Waals surface area contributed by atoms with Gasteiger partial charge in [0.15, 0.2) is 17.4 Å².